The molecule has 1 aliphatic rings. The molecule has 0 bridgehead atoms. The Bertz CT molecular complexity index is 514. The number of nitrogens with one attached hydrogen (secondary N) is 1. The maximum atomic E-state index is 11.7. The van der Waals surface area contributed by atoms with E-state index in [1.807, 2.05) is 12.1 Å². The Morgan fingerprint density at radius 1 is 1.30 bits per heavy atom. The summed E-state index contributed by atoms with van der Waals surface area (Å²) in [4.78, 5) is 22.1. The highest BCUT2D eigenvalue weighted by molar-refractivity contribution is 5.77. The van der Waals surface area contributed by atoms with Gasteiger partial charge in [-0.2, -0.15) is 0 Å². The lowest BCUT2D eigenvalue weighted by Gasteiger charge is -2.12. The van der Waals surface area contributed by atoms with E-state index >= 15 is 0 Å². The van der Waals surface area contributed by atoms with Gasteiger partial charge in [-0.3, -0.25) is 4.79 Å². The van der Waals surface area contributed by atoms with Crippen molar-refractivity contribution >= 4 is 11.9 Å². The number of aliphatic carboxylic acids is 1. The van der Waals surface area contributed by atoms with Crippen LogP contribution in [0.15, 0.2) is 18.2 Å². The number of carbonyl (C=O) groups is 2. The average Bonchev–Trinajstić information content (AvgIpc) is 2.82. The van der Waals surface area contributed by atoms with Crippen LogP contribution < -0.4 is 19.9 Å². The van der Waals surface area contributed by atoms with Crippen molar-refractivity contribution in [2.45, 2.75) is 26.3 Å². The summed E-state index contributed by atoms with van der Waals surface area (Å²) in [5.74, 6) is -0.195. The number of hydrogen-bond donors (Lipinski definition) is 1. The predicted molar refractivity (Wildman–Crippen MR) is 67.8 cm³/mol. The number of fused-ring (bicyclic) bond motifs is 1. The largest absolute Gasteiger partial charge is 0.550 e. The Morgan fingerprint density at radius 3 is 2.80 bits per heavy atom. The van der Waals surface area contributed by atoms with Crippen molar-refractivity contribution in [3.8, 4) is 11.5 Å². The molecule has 1 amide bonds. The summed E-state index contributed by atoms with van der Waals surface area (Å²) in [6, 6.07) is 5.45. The number of amides is 1. The molecular weight excluding hydrogens is 262 g/mol. The SMILES string of the molecule is C[C@@H](CC(=O)[O-])CC(=O)NCc1ccc2c(c1)OCO2. The first-order valence-corrected chi connectivity index (χ1v) is 6.39. The van der Waals surface area contributed by atoms with Crippen molar-refractivity contribution in [3.05, 3.63) is 23.8 Å². The van der Waals surface area contributed by atoms with Gasteiger partial charge in [-0.25, -0.2) is 0 Å². The number of rotatable bonds is 6. The zero-order chi connectivity index (χ0) is 14.5. The zero-order valence-corrected chi connectivity index (χ0v) is 11.2. The molecule has 1 aliphatic heterocycles. The molecule has 0 saturated heterocycles. The van der Waals surface area contributed by atoms with Gasteiger partial charge in [0.1, 0.15) is 0 Å². The van der Waals surface area contributed by atoms with E-state index in [0.717, 1.165) is 5.56 Å². The molecule has 1 heterocycles. The fourth-order valence-corrected chi connectivity index (χ4v) is 2.00. The van der Waals surface area contributed by atoms with Crippen molar-refractivity contribution in [1.82, 2.24) is 5.32 Å². The van der Waals surface area contributed by atoms with E-state index < -0.39 is 5.97 Å². The molecule has 6 heteroatoms. The van der Waals surface area contributed by atoms with E-state index in [9.17, 15) is 14.7 Å². The first-order valence-electron chi connectivity index (χ1n) is 6.39. The predicted octanol–water partition coefficient (Wildman–Crippen LogP) is 0.198. The van der Waals surface area contributed by atoms with Gasteiger partial charge in [0.25, 0.3) is 0 Å². The highest BCUT2D eigenvalue weighted by atomic mass is 16.7. The van der Waals surface area contributed by atoms with Gasteiger partial charge >= 0.3 is 0 Å². The molecular formula is C14H16NO5-. The fourth-order valence-electron chi connectivity index (χ4n) is 2.00. The minimum Gasteiger partial charge on any atom is -0.550 e. The molecule has 0 aliphatic carbocycles. The summed E-state index contributed by atoms with van der Waals surface area (Å²) in [7, 11) is 0. The van der Waals surface area contributed by atoms with Crippen LogP contribution in [0.4, 0.5) is 0 Å². The smallest absolute Gasteiger partial charge is 0.231 e. The molecule has 20 heavy (non-hydrogen) atoms. The van der Waals surface area contributed by atoms with Gasteiger partial charge in [-0.05, 0) is 30.0 Å². The molecule has 0 unspecified atom stereocenters. The second-order valence-corrected chi connectivity index (χ2v) is 4.85. The van der Waals surface area contributed by atoms with Gasteiger partial charge < -0.3 is 24.7 Å². The van der Waals surface area contributed by atoms with Crippen molar-refractivity contribution in [2.75, 3.05) is 6.79 Å². The van der Waals surface area contributed by atoms with Gasteiger partial charge in [0.2, 0.25) is 12.7 Å². The van der Waals surface area contributed by atoms with Crippen molar-refractivity contribution in [3.63, 3.8) is 0 Å². The standard InChI is InChI=1S/C14H17NO5/c1-9(5-14(17)18)4-13(16)15-7-10-2-3-11-12(6-10)20-8-19-11/h2-3,6,9H,4-5,7-8H2,1H3,(H,15,16)(H,17,18)/p-1/t9-/m1/s1. The van der Waals surface area contributed by atoms with E-state index in [1.54, 1.807) is 13.0 Å². The molecule has 0 saturated carbocycles. The summed E-state index contributed by atoms with van der Waals surface area (Å²) < 4.78 is 10.4. The van der Waals surface area contributed by atoms with Crippen molar-refractivity contribution in [1.29, 1.82) is 0 Å². The Labute approximate surface area is 116 Å². The van der Waals surface area contributed by atoms with Crippen LogP contribution in [0.1, 0.15) is 25.3 Å². The summed E-state index contributed by atoms with van der Waals surface area (Å²) in [5, 5.41) is 13.2. The van der Waals surface area contributed by atoms with Gasteiger partial charge in [0.15, 0.2) is 11.5 Å². The molecule has 0 spiro atoms. The Hall–Kier alpha value is -2.24. The molecule has 0 fully saturated rings. The molecule has 1 aromatic carbocycles. The molecule has 1 N–H and O–H groups in total. The van der Waals surface area contributed by atoms with Crippen LogP contribution in [0.3, 0.4) is 0 Å². The minimum absolute atomic E-state index is 0.114. The van der Waals surface area contributed by atoms with E-state index in [1.165, 1.54) is 0 Å². The van der Waals surface area contributed by atoms with Crippen LogP contribution in [0, 0.1) is 5.92 Å². The number of hydrogen-bond acceptors (Lipinski definition) is 5. The third kappa shape index (κ3) is 3.88. The number of benzene rings is 1. The van der Waals surface area contributed by atoms with E-state index in [2.05, 4.69) is 5.32 Å². The maximum Gasteiger partial charge on any atom is 0.231 e. The summed E-state index contributed by atoms with van der Waals surface area (Å²) in [6.45, 7) is 2.29. The molecule has 1 atom stereocenters. The molecule has 0 radical (unpaired) electrons. The van der Waals surface area contributed by atoms with Gasteiger partial charge in [0.05, 0.1) is 0 Å². The van der Waals surface area contributed by atoms with Crippen LogP contribution >= 0.6 is 0 Å². The zero-order valence-electron chi connectivity index (χ0n) is 11.2. The molecule has 0 aromatic heterocycles. The van der Waals surface area contributed by atoms with Gasteiger partial charge in [-0.1, -0.05) is 13.0 Å². The van der Waals surface area contributed by atoms with E-state index in [4.69, 9.17) is 9.47 Å². The molecule has 1 aromatic rings. The summed E-state index contributed by atoms with van der Waals surface area (Å²) >= 11 is 0. The minimum atomic E-state index is -1.14. The summed E-state index contributed by atoms with van der Waals surface area (Å²) in [6.07, 6.45) is 0.0516. The number of ether oxygens (including phenoxy) is 2. The van der Waals surface area contributed by atoms with Crippen LogP contribution in [0.5, 0.6) is 11.5 Å². The van der Waals surface area contributed by atoms with Crippen molar-refractivity contribution < 1.29 is 24.2 Å². The third-order valence-corrected chi connectivity index (χ3v) is 2.98. The second-order valence-electron chi connectivity index (χ2n) is 4.85. The van der Waals surface area contributed by atoms with Crippen molar-refractivity contribution in [2.24, 2.45) is 5.92 Å². The molecule has 2 rings (SSSR count). The lowest BCUT2D eigenvalue weighted by molar-refractivity contribution is -0.306. The van der Waals surface area contributed by atoms with Crippen LogP contribution in [-0.2, 0) is 16.1 Å². The van der Waals surface area contributed by atoms with E-state index in [0.29, 0.717) is 18.0 Å². The quantitative estimate of drug-likeness (QED) is 0.803. The monoisotopic (exact) mass is 278 g/mol. The Balaban J connectivity index is 1.80. The normalized spacial score (nSPS) is 13.8. The first-order chi connectivity index (χ1) is 9.54. The van der Waals surface area contributed by atoms with Crippen LogP contribution in [0.25, 0.3) is 0 Å². The Morgan fingerprint density at radius 2 is 2.05 bits per heavy atom. The average molecular weight is 278 g/mol. The fraction of sp³-hybridized carbons (Fsp3) is 0.429. The second kappa shape index (κ2) is 6.27. The molecule has 6 nitrogen and oxygen atoms in total. The maximum absolute atomic E-state index is 11.7. The molecule has 108 valence electrons. The van der Waals surface area contributed by atoms with Crippen LogP contribution in [0.2, 0.25) is 0 Å². The number of carboxylic acid groups (broad SMARTS) is 1. The highest BCUT2D eigenvalue weighted by Gasteiger charge is 2.14. The summed E-state index contributed by atoms with van der Waals surface area (Å²) in [5.41, 5.74) is 0.898. The van der Waals surface area contributed by atoms with Gasteiger partial charge in [-0.15, -0.1) is 0 Å². The first kappa shape index (κ1) is 14.2. The van der Waals surface area contributed by atoms with Crippen LogP contribution in [-0.4, -0.2) is 18.7 Å². The number of carbonyl (C=O) groups excluding carboxylic acids is 2. The van der Waals surface area contributed by atoms with E-state index in [-0.39, 0.29) is 31.5 Å². The lowest BCUT2D eigenvalue weighted by Crippen LogP contribution is -2.28. The van der Waals surface area contributed by atoms with Gasteiger partial charge in [0, 0.05) is 18.9 Å². The Kier molecular flexibility index (Phi) is 4.45. The highest BCUT2D eigenvalue weighted by Crippen LogP contribution is 2.32. The topological polar surface area (TPSA) is 87.7 Å². The third-order valence-electron chi connectivity index (χ3n) is 2.98. The number of carboxylic acids is 1. The lowest BCUT2D eigenvalue weighted by atomic mass is 10.0.